The summed E-state index contributed by atoms with van der Waals surface area (Å²) in [6, 6.07) is 2.69. The molecule has 2 aliphatic rings. The number of hydrogen-bond acceptors (Lipinski definition) is 5. The maximum Gasteiger partial charge on any atom is 0.235 e. The third-order valence-corrected chi connectivity index (χ3v) is 4.82. The number of carbonyl (C=O) groups is 1. The number of methoxy groups -OCH3 is 1. The van der Waals surface area contributed by atoms with Gasteiger partial charge in [0.1, 0.15) is 5.54 Å². The second-order valence-electron chi connectivity index (χ2n) is 6.75. The Morgan fingerprint density at radius 1 is 1.45 bits per heavy atom. The van der Waals surface area contributed by atoms with E-state index < -0.39 is 5.54 Å². The van der Waals surface area contributed by atoms with Gasteiger partial charge in [-0.15, -0.1) is 0 Å². The number of piperazine rings is 1. The Morgan fingerprint density at radius 2 is 2.18 bits per heavy atom. The summed E-state index contributed by atoms with van der Waals surface area (Å²) in [5.74, 6) is 0.291. The third kappa shape index (κ3) is 4.42. The van der Waals surface area contributed by atoms with Gasteiger partial charge in [0.2, 0.25) is 5.91 Å². The first-order chi connectivity index (χ1) is 10.5. The summed E-state index contributed by atoms with van der Waals surface area (Å²) in [5, 5.41) is 12.3. The van der Waals surface area contributed by atoms with Gasteiger partial charge < -0.3 is 10.1 Å². The topological polar surface area (TPSA) is 68.6 Å². The SMILES string of the molecule is COCCN1CCN(CC(=O)NC(C)(C#N)C2CC2)CC1C. The molecular weight excluding hydrogens is 280 g/mol. The van der Waals surface area contributed by atoms with Crippen molar-refractivity contribution in [3.63, 3.8) is 0 Å². The van der Waals surface area contributed by atoms with Crippen molar-refractivity contribution in [2.45, 2.75) is 38.3 Å². The number of rotatable bonds is 7. The predicted octanol–water partition coefficient (Wildman–Crippen LogP) is 0.447. The summed E-state index contributed by atoms with van der Waals surface area (Å²) in [6.07, 6.45) is 2.08. The Morgan fingerprint density at radius 3 is 2.73 bits per heavy atom. The van der Waals surface area contributed by atoms with E-state index in [-0.39, 0.29) is 5.91 Å². The number of carbonyl (C=O) groups excluding carboxylic acids is 1. The van der Waals surface area contributed by atoms with Crippen LogP contribution in [-0.2, 0) is 9.53 Å². The van der Waals surface area contributed by atoms with Crippen LogP contribution in [0.5, 0.6) is 0 Å². The zero-order chi connectivity index (χ0) is 16.2. The predicted molar refractivity (Wildman–Crippen MR) is 84.2 cm³/mol. The van der Waals surface area contributed by atoms with E-state index in [0.717, 1.165) is 45.6 Å². The summed E-state index contributed by atoms with van der Waals surface area (Å²) >= 11 is 0. The van der Waals surface area contributed by atoms with Gasteiger partial charge in [-0.05, 0) is 32.6 Å². The minimum absolute atomic E-state index is 0.0338. The van der Waals surface area contributed by atoms with Crippen LogP contribution in [0.1, 0.15) is 26.7 Å². The smallest absolute Gasteiger partial charge is 0.235 e. The van der Waals surface area contributed by atoms with Gasteiger partial charge in [-0.3, -0.25) is 14.6 Å². The number of nitriles is 1. The van der Waals surface area contributed by atoms with Crippen molar-refractivity contribution in [1.82, 2.24) is 15.1 Å². The van der Waals surface area contributed by atoms with Crippen LogP contribution < -0.4 is 5.32 Å². The zero-order valence-corrected chi connectivity index (χ0v) is 14.0. The summed E-state index contributed by atoms with van der Waals surface area (Å²) in [4.78, 5) is 16.8. The Kier molecular flexibility index (Phi) is 5.79. The molecule has 1 N–H and O–H groups in total. The molecule has 0 bridgehead atoms. The molecule has 124 valence electrons. The fourth-order valence-electron chi connectivity index (χ4n) is 3.17. The lowest BCUT2D eigenvalue weighted by Gasteiger charge is -2.39. The van der Waals surface area contributed by atoms with Gasteiger partial charge in [-0.1, -0.05) is 0 Å². The monoisotopic (exact) mass is 308 g/mol. The number of amides is 1. The maximum atomic E-state index is 12.2. The van der Waals surface area contributed by atoms with Crippen LogP contribution in [0.4, 0.5) is 0 Å². The summed E-state index contributed by atoms with van der Waals surface area (Å²) in [7, 11) is 1.72. The van der Waals surface area contributed by atoms with Crippen LogP contribution >= 0.6 is 0 Å². The van der Waals surface area contributed by atoms with Crippen molar-refractivity contribution >= 4 is 5.91 Å². The maximum absolute atomic E-state index is 12.2. The van der Waals surface area contributed by atoms with Gasteiger partial charge in [0.15, 0.2) is 0 Å². The van der Waals surface area contributed by atoms with Gasteiger partial charge in [0.25, 0.3) is 0 Å². The summed E-state index contributed by atoms with van der Waals surface area (Å²) < 4.78 is 5.13. The molecule has 1 aliphatic heterocycles. The van der Waals surface area contributed by atoms with Crippen LogP contribution in [0.3, 0.4) is 0 Å². The van der Waals surface area contributed by atoms with Gasteiger partial charge >= 0.3 is 0 Å². The molecule has 1 aliphatic carbocycles. The van der Waals surface area contributed by atoms with Crippen LogP contribution in [0.2, 0.25) is 0 Å². The molecule has 0 aromatic heterocycles. The van der Waals surface area contributed by atoms with Crippen molar-refractivity contribution in [1.29, 1.82) is 5.26 Å². The molecule has 0 aromatic carbocycles. The van der Waals surface area contributed by atoms with Crippen LogP contribution in [-0.4, -0.2) is 73.7 Å². The Hall–Kier alpha value is -1.16. The third-order valence-electron chi connectivity index (χ3n) is 4.82. The first-order valence-corrected chi connectivity index (χ1v) is 8.16. The van der Waals surface area contributed by atoms with E-state index in [4.69, 9.17) is 4.74 Å². The number of ether oxygens (including phenoxy) is 1. The highest BCUT2D eigenvalue weighted by atomic mass is 16.5. The molecule has 2 atom stereocenters. The van der Waals surface area contributed by atoms with Crippen LogP contribution in [0.25, 0.3) is 0 Å². The van der Waals surface area contributed by atoms with E-state index in [1.807, 2.05) is 6.92 Å². The van der Waals surface area contributed by atoms with E-state index in [1.165, 1.54) is 0 Å². The fraction of sp³-hybridized carbons (Fsp3) is 0.875. The highest BCUT2D eigenvalue weighted by molar-refractivity contribution is 5.79. The van der Waals surface area contributed by atoms with Crippen LogP contribution in [0, 0.1) is 17.2 Å². The molecular formula is C16H28N4O2. The molecule has 22 heavy (non-hydrogen) atoms. The van der Waals surface area contributed by atoms with E-state index in [2.05, 4.69) is 28.1 Å². The van der Waals surface area contributed by atoms with Crippen molar-refractivity contribution in [2.75, 3.05) is 46.4 Å². The van der Waals surface area contributed by atoms with E-state index >= 15 is 0 Å². The fourth-order valence-corrected chi connectivity index (χ4v) is 3.17. The first-order valence-electron chi connectivity index (χ1n) is 8.16. The van der Waals surface area contributed by atoms with Crippen molar-refractivity contribution in [3.05, 3.63) is 0 Å². The van der Waals surface area contributed by atoms with Gasteiger partial charge in [0, 0.05) is 39.3 Å². The average Bonchev–Trinajstić information content (AvgIpc) is 3.31. The minimum atomic E-state index is -0.691. The second kappa shape index (κ2) is 7.40. The number of nitrogens with zero attached hydrogens (tertiary/aromatic N) is 3. The molecule has 1 saturated heterocycles. The Balaban J connectivity index is 1.77. The number of nitrogens with one attached hydrogen (secondary N) is 1. The zero-order valence-electron chi connectivity index (χ0n) is 14.0. The molecule has 6 nitrogen and oxygen atoms in total. The van der Waals surface area contributed by atoms with Crippen molar-refractivity contribution in [2.24, 2.45) is 5.92 Å². The van der Waals surface area contributed by atoms with E-state index in [1.54, 1.807) is 7.11 Å². The lowest BCUT2D eigenvalue weighted by atomic mass is 9.98. The van der Waals surface area contributed by atoms with Crippen molar-refractivity contribution < 1.29 is 9.53 Å². The second-order valence-corrected chi connectivity index (χ2v) is 6.75. The summed E-state index contributed by atoms with van der Waals surface area (Å²) in [6.45, 7) is 8.80. The molecule has 2 rings (SSSR count). The molecule has 2 unspecified atom stereocenters. The Bertz CT molecular complexity index is 432. The Labute approximate surface area is 133 Å². The van der Waals surface area contributed by atoms with Gasteiger partial charge in [-0.2, -0.15) is 5.26 Å². The first kappa shape index (κ1) is 17.2. The standard InChI is InChI=1S/C16H28N4O2/c1-13-10-19(6-7-20(13)8-9-22-3)11-15(21)18-16(2,12-17)14-4-5-14/h13-14H,4-11H2,1-3H3,(H,18,21). The molecule has 2 fully saturated rings. The molecule has 1 saturated carbocycles. The lowest BCUT2D eigenvalue weighted by molar-refractivity contribution is -0.124. The molecule has 6 heteroatoms. The molecule has 0 aromatic rings. The lowest BCUT2D eigenvalue weighted by Crippen LogP contribution is -2.56. The normalized spacial score (nSPS) is 26.2. The molecule has 0 spiro atoms. The highest BCUT2D eigenvalue weighted by Gasteiger charge is 2.43. The van der Waals surface area contributed by atoms with Crippen LogP contribution in [0.15, 0.2) is 0 Å². The van der Waals surface area contributed by atoms with E-state index in [0.29, 0.717) is 18.5 Å². The quantitative estimate of drug-likeness (QED) is 0.739. The van der Waals surface area contributed by atoms with Gasteiger partial charge in [-0.25, -0.2) is 0 Å². The molecule has 1 amide bonds. The molecule has 0 radical (unpaired) electrons. The summed E-state index contributed by atoms with van der Waals surface area (Å²) in [5.41, 5.74) is -0.691. The minimum Gasteiger partial charge on any atom is -0.383 e. The van der Waals surface area contributed by atoms with E-state index in [9.17, 15) is 10.1 Å². The van der Waals surface area contributed by atoms with Crippen molar-refractivity contribution in [3.8, 4) is 6.07 Å². The largest absolute Gasteiger partial charge is 0.383 e. The average molecular weight is 308 g/mol. The highest BCUT2D eigenvalue weighted by Crippen LogP contribution is 2.39. The number of hydrogen-bond donors (Lipinski definition) is 1. The molecule has 1 heterocycles. The van der Waals surface area contributed by atoms with Gasteiger partial charge in [0.05, 0.1) is 19.2 Å².